The zero-order chi connectivity index (χ0) is 14.3. The van der Waals surface area contributed by atoms with E-state index in [4.69, 9.17) is 10.5 Å². The van der Waals surface area contributed by atoms with Crippen molar-refractivity contribution in [3.05, 3.63) is 30.3 Å². The zero-order valence-corrected chi connectivity index (χ0v) is 11.0. The van der Waals surface area contributed by atoms with E-state index in [1.54, 1.807) is 17.8 Å². The van der Waals surface area contributed by atoms with Crippen LogP contribution in [0.3, 0.4) is 0 Å². The van der Waals surface area contributed by atoms with Crippen LogP contribution in [-0.4, -0.2) is 26.9 Å². The van der Waals surface area contributed by atoms with Gasteiger partial charge < -0.3 is 10.5 Å². The first-order chi connectivity index (χ1) is 9.61. The molecule has 102 valence electrons. The van der Waals surface area contributed by atoms with Crippen LogP contribution in [-0.2, 0) is 7.05 Å². The molecule has 6 nitrogen and oxygen atoms in total. The number of rotatable bonds is 2. The molecule has 0 saturated heterocycles. The van der Waals surface area contributed by atoms with Gasteiger partial charge in [-0.2, -0.15) is 5.10 Å². The molecule has 0 spiro atoms. The fourth-order valence-electron chi connectivity index (χ4n) is 2.16. The third kappa shape index (κ3) is 1.75. The van der Waals surface area contributed by atoms with E-state index >= 15 is 0 Å². The third-order valence-corrected chi connectivity index (χ3v) is 3.07. The lowest BCUT2D eigenvalue weighted by molar-refractivity contribution is 0.413. The first-order valence-corrected chi connectivity index (χ1v) is 5.89. The zero-order valence-electron chi connectivity index (χ0n) is 11.0. The molecule has 0 atom stereocenters. The highest BCUT2D eigenvalue weighted by atomic mass is 19.1. The van der Waals surface area contributed by atoms with Crippen molar-refractivity contribution in [2.24, 2.45) is 7.05 Å². The lowest BCUT2D eigenvalue weighted by Crippen LogP contribution is -1.95. The summed E-state index contributed by atoms with van der Waals surface area (Å²) < 4.78 is 20.1. The molecule has 0 unspecified atom stereocenters. The summed E-state index contributed by atoms with van der Waals surface area (Å²) in [6.45, 7) is 0. The average molecular weight is 273 g/mol. The Morgan fingerprint density at radius 1 is 1.30 bits per heavy atom. The fourth-order valence-corrected chi connectivity index (χ4v) is 2.16. The van der Waals surface area contributed by atoms with Crippen LogP contribution in [0.2, 0.25) is 0 Å². The Kier molecular flexibility index (Phi) is 2.74. The van der Waals surface area contributed by atoms with Crippen molar-refractivity contribution >= 4 is 16.9 Å². The summed E-state index contributed by atoms with van der Waals surface area (Å²) in [5.41, 5.74) is 7.73. The predicted octanol–water partition coefficient (Wildman–Crippen LogP) is 1.76. The number of aryl methyl sites for hydroxylation is 1. The minimum atomic E-state index is -0.380. The molecule has 2 aromatic heterocycles. The number of nitrogen functional groups attached to an aromatic ring is 1. The van der Waals surface area contributed by atoms with Gasteiger partial charge in [0.15, 0.2) is 5.65 Å². The molecule has 0 aliphatic heterocycles. The second kappa shape index (κ2) is 4.44. The van der Waals surface area contributed by atoms with E-state index in [1.807, 2.05) is 0 Å². The van der Waals surface area contributed by atoms with Crippen LogP contribution in [0, 0.1) is 5.82 Å². The standard InChI is InChI=1S/C13H12FN5O/c1-19-13-10(12(15)16-6-17-13)11(18-19)8-4-3-7(14)5-9(8)20-2/h3-6H,1-2H3,(H2,15,16,17). The van der Waals surface area contributed by atoms with Gasteiger partial charge in [0.1, 0.15) is 29.4 Å². The second-order valence-electron chi connectivity index (χ2n) is 4.27. The quantitative estimate of drug-likeness (QED) is 0.769. The Balaban J connectivity index is 2.36. The van der Waals surface area contributed by atoms with Crippen molar-refractivity contribution in [1.82, 2.24) is 19.7 Å². The second-order valence-corrected chi connectivity index (χ2v) is 4.27. The van der Waals surface area contributed by atoms with Crippen molar-refractivity contribution in [1.29, 1.82) is 0 Å². The van der Waals surface area contributed by atoms with E-state index in [2.05, 4.69) is 15.1 Å². The summed E-state index contributed by atoms with van der Waals surface area (Å²) in [6, 6.07) is 4.25. The van der Waals surface area contributed by atoms with E-state index in [1.165, 1.54) is 25.6 Å². The van der Waals surface area contributed by atoms with Crippen LogP contribution in [0.5, 0.6) is 5.75 Å². The van der Waals surface area contributed by atoms with Crippen LogP contribution >= 0.6 is 0 Å². The monoisotopic (exact) mass is 273 g/mol. The number of halogens is 1. The van der Waals surface area contributed by atoms with Crippen molar-refractivity contribution in [2.75, 3.05) is 12.8 Å². The summed E-state index contributed by atoms with van der Waals surface area (Å²) in [5, 5.41) is 5.02. The maximum atomic E-state index is 13.3. The number of hydrogen-bond acceptors (Lipinski definition) is 5. The van der Waals surface area contributed by atoms with Crippen molar-refractivity contribution in [3.8, 4) is 17.0 Å². The number of nitrogens with zero attached hydrogens (tertiary/aromatic N) is 4. The Labute approximate surface area is 114 Å². The minimum absolute atomic E-state index is 0.324. The molecule has 1 aromatic carbocycles. The summed E-state index contributed by atoms with van der Waals surface area (Å²) >= 11 is 0. The molecule has 2 heterocycles. The van der Waals surface area contributed by atoms with Gasteiger partial charge in [0.2, 0.25) is 0 Å². The number of hydrogen-bond donors (Lipinski definition) is 1. The van der Waals surface area contributed by atoms with Gasteiger partial charge >= 0.3 is 0 Å². The summed E-state index contributed by atoms with van der Waals surface area (Å²) in [4.78, 5) is 8.13. The van der Waals surface area contributed by atoms with Gasteiger partial charge in [-0.25, -0.2) is 19.0 Å². The molecule has 0 aliphatic rings. The number of anilines is 1. The normalized spacial score (nSPS) is 10.9. The maximum Gasteiger partial charge on any atom is 0.163 e. The Morgan fingerprint density at radius 2 is 2.10 bits per heavy atom. The van der Waals surface area contributed by atoms with Crippen LogP contribution in [0.15, 0.2) is 24.5 Å². The predicted molar refractivity (Wildman–Crippen MR) is 72.7 cm³/mol. The Morgan fingerprint density at radius 3 is 2.85 bits per heavy atom. The van der Waals surface area contributed by atoms with Crippen molar-refractivity contribution < 1.29 is 9.13 Å². The molecule has 0 amide bonds. The van der Waals surface area contributed by atoms with Gasteiger partial charge in [-0.1, -0.05) is 0 Å². The van der Waals surface area contributed by atoms with Crippen LogP contribution in [0.25, 0.3) is 22.3 Å². The Hall–Kier alpha value is -2.70. The lowest BCUT2D eigenvalue weighted by atomic mass is 10.1. The maximum absolute atomic E-state index is 13.3. The summed E-state index contributed by atoms with van der Waals surface area (Å²) in [7, 11) is 3.23. The lowest BCUT2D eigenvalue weighted by Gasteiger charge is -2.06. The number of benzene rings is 1. The van der Waals surface area contributed by atoms with Gasteiger partial charge in [0.25, 0.3) is 0 Å². The van der Waals surface area contributed by atoms with Gasteiger partial charge in [-0.05, 0) is 12.1 Å². The largest absolute Gasteiger partial charge is 0.496 e. The van der Waals surface area contributed by atoms with E-state index in [9.17, 15) is 4.39 Å². The van der Waals surface area contributed by atoms with Crippen LogP contribution in [0.1, 0.15) is 0 Å². The van der Waals surface area contributed by atoms with E-state index in [-0.39, 0.29) is 5.82 Å². The molecular formula is C13H12FN5O. The third-order valence-electron chi connectivity index (χ3n) is 3.07. The van der Waals surface area contributed by atoms with Crippen molar-refractivity contribution in [2.45, 2.75) is 0 Å². The number of aromatic nitrogens is 4. The molecule has 0 radical (unpaired) electrons. The average Bonchev–Trinajstić information content (AvgIpc) is 2.77. The van der Waals surface area contributed by atoms with Crippen LogP contribution < -0.4 is 10.5 Å². The first kappa shape index (κ1) is 12.3. The number of methoxy groups -OCH3 is 1. The molecule has 20 heavy (non-hydrogen) atoms. The molecule has 7 heteroatoms. The van der Waals surface area contributed by atoms with Gasteiger partial charge in [-0.15, -0.1) is 0 Å². The molecule has 0 aliphatic carbocycles. The molecule has 0 saturated carbocycles. The SMILES string of the molecule is COc1cc(F)ccc1-c1nn(C)c2ncnc(N)c12. The molecule has 3 rings (SSSR count). The summed E-state index contributed by atoms with van der Waals surface area (Å²) in [5.74, 6) is 0.327. The molecule has 2 N–H and O–H groups in total. The Bertz CT molecular complexity index is 799. The molecule has 3 aromatic rings. The highest BCUT2D eigenvalue weighted by Crippen LogP contribution is 2.35. The highest BCUT2D eigenvalue weighted by Gasteiger charge is 2.18. The molecule has 0 bridgehead atoms. The molecule has 0 fully saturated rings. The van der Waals surface area contributed by atoms with E-state index < -0.39 is 0 Å². The van der Waals surface area contributed by atoms with Crippen molar-refractivity contribution in [3.63, 3.8) is 0 Å². The number of nitrogens with two attached hydrogens (primary N) is 1. The smallest absolute Gasteiger partial charge is 0.163 e. The summed E-state index contributed by atoms with van der Waals surface area (Å²) in [6.07, 6.45) is 1.38. The fraction of sp³-hybridized carbons (Fsp3) is 0.154. The first-order valence-electron chi connectivity index (χ1n) is 5.89. The minimum Gasteiger partial charge on any atom is -0.496 e. The van der Waals surface area contributed by atoms with E-state index in [0.29, 0.717) is 33.9 Å². The van der Waals surface area contributed by atoms with E-state index in [0.717, 1.165) is 0 Å². The highest BCUT2D eigenvalue weighted by molar-refractivity contribution is 5.99. The van der Waals surface area contributed by atoms with Crippen LogP contribution in [0.4, 0.5) is 10.2 Å². The number of fused-ring (bicyclic) bond motifs is 1. The number of ether oxygens (including phenoxy) is 1. The van der Waals surface area contributed by atoms with Gasteiger partial charge in [-0.3, -0.25) is 0 Å². The molecular weight excluding hydrogens is 261 g/mol. The van der Waals surface area contributed by atoms with Gasteiger partial charge in [0, 0.05) is 18.7 Å². The van der Waals surface area contributed by atoms with Gasteiger partial charge in [0.05, 0.1) is 12.5 Å². The topological polar surface area (TPSA) is 78.8 Å².